The molecule has 0 aromatic heterocycles. The fraction of sp³-hybridized carbons (Fsp3) is 0.667. The number of nitrogens with one attached hydrogen (secondary N) is 1. The molecule has 2 atom stereocenters. The van der Waals surface area contributed by atoms with Gasteiger partial charge in [-0.1, -0.05) is 32.9 Å². The number of benzene rings is 1. The molecule has 0 amide bonds. The lowest BCUT2D eigenvalue weighted by molar-refractivity contribution is 0.106. The van der Waals surface area contributed by atoms with Gasteiger partial charge in [-0.2, -0.15) is 0 Å². The van der Waals surface area contributed by atoms with Crippen molar-refractivity contribution in [3.05, 3.63) is 29.8 Å². The van der Waals surface area contributed by atoms with E-state index in [1.165, 1.54) is 18.4 Å². The van der Waals surface area contributed by atoms with Crippen LogP contribution in [0.1, 0.15) is 46.1 Å². The van der Waals surface area contributed by atoms with Crippen molar-refractivity contribution >= 4 is 0 Å². The normalized spacial score (nSPS) is 20.5. The second-order valence-electron chi connectivity index (χ2n) is 7.00. The van der Waals surface area contributed by atoms with Crippen LogP contribution in [0.3, 0.4) is 0 Å². The van der Waals surface area contributed by atoms with Crippen molar-refractivity contribution in [2.75, 3.05) is 19.7 Å². The van der Waals surface area contributed by atoms with Gasteiger partial charge in [0.2, 0.25) is 0 Å². The van der Waals surface area contributed by atoms with Gasteiger partial charge in [0.25, 0.3) is 0 Å². The van der Waals surface area contributed by atoms with E-state index >= 15 is 0 Å². The van der Waals surface area contributed by atoms with E-state index in [4.69, 9.17) is 9.47 Å². The molecule has 1 fully saturated rings. The van der Waals surface area contributed by atoms with E-state index in [9.17, 15) is 0 Å². The monoisotopic (exact) mass is 291 g/mol. The van der Waals surface area contributed by atoms with E-state index in [0.29, 0.717) is 6.10 Å². The smallest absolute Gasteiger partial charge is 0.119 e. The highest BCUT2D eigenvalue weighted by Gasteiger charge is 2.16. The van der Waals surface area contributed by atoms with Crippen LogP contribution >= 0.6 is 0 Å². The van der Waals surface area contributed by atoms with Crippen molar-refractivity contribution < 1.29 is 9.47 Å². The Hall–Kier alpha value is -1.06. The van der Waals surface area contributed by atoms with E-state index in [-0.39, 0.29) is 11.5 Å². The molecule has 3 nitrogen and oxygen atoms in total. The highest BCUT2D eigenvalue weighted by atomic mass is 16.5. The van der Waals surface area contributed by atoms with Gasteiger partial charge < -0.3 is 14.8 Å². The molecule has 2 rings (SSSR count). The Balaban J connectivity index is 1.73. The highest BCUT2D eigenvalue weighted by Crippen LogP contribution is 2.24. The molecular formula is C18H29NO2. The second kappa shape index (κ2) is 7.28. The summed E-state index contributed by atoms with van der Waals surface area (Å²) in [5, 5.41) is 3.43. The SMILES string of the molecule is C[C@@H](CNC[C@H]1CCCO1)Oc1ccc(C(C)(C)C)cc1. The van der Waals surface area contributed by atoms with Gasteiger partial charge in [-0.15, -0.1) is 0 Å². The van der Waals surface area contributed by atoms with Gasteiger partial charge >= 0.3 is 0 Å². The Morgan fingerprint density at radius 1 is 1.29 bits per heavy atom. The summed E-state index contributed by atoms with van der Waals surface area (Å²) < 4.78 is 11.5. The zero-order chi connectivity index (χ0) is 15.3. The Labute approximate surface area is 129 Å². The van der Waals surface area contributed by atoms with Gasteiger partial charge in [0.1, 0.15) is 11.9 Å². The molecule has 1 aliphatic rings. The van der Waals surface area contributed by atoms with Crippen molar-refractivity contribution in [2.45, 2.75) is 58.2 Å². The lowest BCUT2D eigenvalue weighted by Gasteiger charge is -2.20. The lowest BCUT2D eigenvalue weighted by Crippen LogP contribution is -2.34. The van der Waals surface area contributed by atoms with Crippen LogP contribution < -0.4 is 10.1 Å². The summed E-state index contributed by atoms with van der Waals surface area (Å²) >= 11 is 0. The summed E-state index contributed by atoms with van der Waals surface area (Å²) in [6.07, 6.45) is 2.92. The van der Waals surface area contributed by atoms with Gasteiger partial charge in [0, 0.05) is 19.7 Å². The average molecular weight is 291 g/mol. The first-order chi connectivity index (χ1) is 9.95. The fourth-order valence-corrected chi connectivity index (χ4v) is 2.56. The zero-order valence-electron chi connectivity index (χ0n) is 13.8. The van der Waals surface area contributed by atoms with Crippen LogP contribution in [0.4, 0.5) is 0 Å². The number of ether oxygens (including phenoxy) is 2. The van der Waals surface area contributed by atoms with E-state index in [1.54, 1.807) is 0 Å². The third-order valence-corrected chi connectivity index (χ3v) is 3.89. The number of hydrogen-bond acceptors (Lipinski definition) is 3. The molecule has 118 valence electrons. The molecule has 21 heavy (non-hydrogen) atoms. The molecule has 0 spiro atoms. The molecule has 0 bridgehead atoms. The van der Waals surface area contributed by atoms with Crippen LogP contribution in [0, 0.1) is 0 Å². The van der Waals surface area contributed by atoms with Gasteiger partial charge in [0.15, 0.2) is 0 Å². The van der Waals surface area contributed by atoms with Crippen LogP contribution in [0.5, 0.6) is 5.75 Å². The van der Waals surface area contributed by atoms with Crippen molar-refractivity contribution in [3.8, 4) is 5.75 Å². The summed E-state index contributed by atoms with van der Waals surface area (Å²) in [4.78, 5) is 0. The quantitative estimate of drug-likeness (QED) is 0.870. The van der Waals surface area contributed by atoms with Crippen LogP contribution in [0.15, 0.2) is 24.3 Å². The van der Waals surface area contributed by atoms with Crippen LogP contribution in [0.25, 0.3) is 0 Å². The summed E-state index contributed by atoms with van der Waals surface area (Å²) in [5.74, 6) is 0.939. The zero-order valence-corrected chi connectivity index (χ0v) is 13.8. The minimum atomic E-state index is 0.159. The van der Waals surface area contributed by atoms with Crippen molar-refractivity contribution in [1.29, 1.82) is 0 Å². The molecule has 1 aromatic rings. The van der Waals surface area contributed by atoms with Gasteiger partial charge in [-0.25, -0.2) is 0 Å². The molecule has 3 heteroatoms. The predicted octanol–water partition coefficient (Wildman–Crippen LogP) is 3.52. The molecule has 0 aliphatic carbocycles. The van der Waals surface area contributed by atoms with Crippen LogP contribution in [-0.2, 0) is 10.2 Å². The first-order valence-electron chi connectivity index (χ1n) is 8.04. The van der Waals surface area contributed by atoms with E-state index in [2.05, 4.69) is 57.3 Å². The van der Waals surface area contributed by atoms with E-state index < -0.39 is 0 Å². The van der Waals surface area contributed by atoms with Crippen LogP contribution in [-0.4, -0.2) is 31.9 Å². The Morgan fingerprint density at radius 2 is 2.00 bits per heavy atom. The maximum atomic E-state index is 5.94. The highest BCUT2D eigenvalue weighted by molar-refractivity contribution is 5.31. The third-order valence-electron chi connectivity index (χ3n) is 3.89. The van der Waals surface area contributed by atoms with Crippen molar-refractivity contribution in [3.63, 3.8) is 0 Å². The maximum absolute atomic E-state index is 5.94. The largest absolute Gasteiger partial charge is 0.489 e. The Bertz CT molecular complexity index is 416. The second-order valence-corrected chi connectivity index (χ2v) is 7.00. The summed E-state index contributed by atoms with van der Waals surface area (Å²) in [7, 11) is 0. The summed E-state index contributed by atoms with van der Waals surface area (Å²) in [5.41, 5.74) is 1.52. The number of rotatable bonds is 6. The van der Waals surface area contributed by atoms with Crippen LogP contribution in [0.2, 0.25) is 0 Å². The standard InChI is InChI=1S/C18H29NO2/c1-14(12-19-13-17-6-5-11-20-17)21-16-9-7-15(8-10-16)18(2,3)4/h7-10,14,17,19H,5-6,11-13H2,1-4H3/t14-,17+/m0/s1. The molecule has 1 saturated heterocycles. The molecule has 1 heterocycles. The average Bonchev–Trinajstić information content (AvgIpc) is 2.91. The fourth-order valence-electron chi connectivity index (χ4n) is 2.56. The molecule has 0 radical (unpaired) electrons. The van der Waals surface area contributed by atoms with Gasteiger partial charge in [0.05, 0.1) is 6.10 Å². The number of hydrogen-bond donors (Lipinski definition) is 1. The Morgan fingerprint density at radius 3 is 2.57 bits per heavy atom. The molecular weight excluding hydrogens is 262 g/mol. The molecule has 0 saturated carbocycles. The minimum Gasteiger partial charge on any atom is -0.489 e. The van der Waals surface area contributed by atoms with Crippen molar-refractivity contribution in [1.82, 2.24) is 5.32 Å². The first-order valence-corrected chi connectivity index (χ1v) is 8.04. The van der Waals surface area contributed by atoms with E-state index in [1.807, 2.05) is 0 Å². The van der Waals surface area contributed by atoms with E-state index in [0.717, 1.165) is 25.4 Å². The van der Waals surface area contributed by atoms with Gasteiger partial charge in [-0.05, 0) is 42.9 Å². The molecule has 1 N–H and O–H groups in total. The summed E-state index contributed by atoms with van der Waals surface area (Å²) in [6, 6.07) is 8.44. The predicted molar refractivity (Wildman–Crippen MR) is 87.1 cm³/mol. The topological polar surface area (TPSA) is 30.5 Å². The lowest BCUT2D eigenvalue weighted by atomic mass is 9.87. The maximum Gasteiger partial charge on any atom is 0.119 e. The Kier molecular flexibility index (Phi) is 5.65. The molecule has 0 unspecified atom stereocenters. The summed E-state index contributed by atoms with van der Waals surface area (Å²) in [6.45, 7) is 11.5. The minimum absolute atomic E-state index is 0.159. The molecule has 1 aromatic carbocycles. The van der Waals surface area contributed by atoms with Crippen molar-refractivity contribution in [2.24, 2.45) is 0 Å². The molecule has 1 aliphatic heterocycles. The van der Waals surface area contributed by atoms with Gasteiger partial charge in [-0.3, -0.25) is 0 Å². The first kappa shape index (κ1) is 16.3. The third kappa shape index (κ3) is 5.33.